The summed E-state index contributed by atoms with van der Waals surface area (Å²) in [5.74, 6) is 0.743. The Bertz CT molecular complexity index is 231. The molecule has 0 bridgehead atoms. The van der Waals surface area contributed by atoms with Crippen LogP contribution in [0, 0.1) is 5.92 Å². The zero-order valence-corrected chi connectivity index (χ0v) is 11.4. The number of likely N-dealkylation sites (tertiary alicyclic amines) is 1. The van der Waals surface area contributed by atoms with Gasteiger partial charge in [0.2, 0.25) is 5.91 Å². The first-order valence-corrected chi connectivity index (χ1v) is 6.67. The molecule has 4 heteroatoms. The first kappa shape index (κ1) is 14.5. The number of carbonyl (C=O) groups excluding carboxylic acids is 1. The molecule has 1 aliphatic rings. The Kier molecular flexibility index (Phi) is 6.52. The smallest absolute Gasteiger partial charge is 0.236 e. The SMILES string of the molecule is CCC(C)NCC(=O)N1CCCC(COC)C1. The summed E-state index contributed by atoms with van der Waals surface area (Å²) in [5, 5.41) is 3.25. The topological polar surface area (TPSA) is 41.6 Å². The average Bonchev–Trinajstić information content (AvgIpc) is 2.36. The fraction of sp³-hybridized carbons (Fsp3) is 0.923. The van der Waals surface area contributed by atoms with Crippen molar-refractivity contribution in [1.29, 1.82) is 0 Å². The number of carbonyl (C=O) groups is 1. The van der Waals surface area contributed by atoms with E-state index in [1.165, 1.54) is 6.42 Å². The molecule has 1 saturated heterocycles. The van der Waals surface area contributed by atoms with Crippen LogP contribution >= 0.6 is 0 Å². The van der Waals surface area contributed by atoms with Crippen LogP contribution in [0.1, 0.15) is 33.1 Å². The number of nitrogens with zero attached hydrogens (tertiary/aromatic N) is 1. The molecule has 100 valence electrons. The maximum absolute atomic E-state index is 12.0. The number of hydrogen-bond acceptors (Lipinski definition) is 3. The van der Waals surface area contributed by atoms with E-state index in [-0.39, 0.29) is 5.91 Å². The number of methoxy groups -OCH3 is 1. The van der Waals surface area contributed by atoms with E-state index in [2.05, 4.69) is 19.2 Å². The van der Waals surface area contributed by atoms with Crippen molar-refractivity contribution >= 4 is 5.91 Å². The lowest BCUT2D eigenvalue weighted by Gasteiger charge is -2.32. The zero-order chi connectivity index (χ0) is 12.7. The van der Waals surface area contributed by atoms with Gasteiger partial charge in [-0.25, -0.2) is 0 Å². The van der Waals surface area contributed by atoms with E-state index in [4.69, 9.17) is 4.74 Å². The first-order chi connectivity index (χ1) is 8.17. The molecule has 0 aromatic carbocycles. The van der Waals surface area contributed by atoms with Gasteiger partial charge in [0.1, 0.15) is 0 Å². The minimum Gasteiger partial charge on any atom is -0.384 e. The molecule has 2 atom stereocenters. The molecule has 1 fully saturated rings. The Hall–Kier alpha value is -0.610. The Morgan fingerprint density at radius 2 is 2.35 bits per heavy atom. The lowest BCUT2D eigenvalue weighted by molar-refractivity contribution is -0.132. The minimum absolute atomic E-state index is 0.228. The van der Waals surface area contributed by atoms with Crippen molar-refractivity contribution in [3.05, 3.63) is 0 Å². The molecule has 0 aliphatic carbocycles. The Labute approximate surface area is 105 Å². The van der Waals surface area contributed by atoms with E-state index in [0.717, 1.165) is 32.5 Å². The molecule has 1 amide bonds. The second-order valence-corrected chi connectivity index (χ2v) is 4.99. The summed E-state index contributed by atoms with van der Waals surface area (Å²) >= 11 is 0. The summed E-state index contributed by atoms with van der Waals surface area (Å²) in [6, 6.07) is 0.415. The quantitative estimate of drug-likeness (QED) is 0.762. The predicted octanol–water partition coefficient (Wildman–Crippen LogP) is 1.26. The van der Waals surface area contributed by atoms with Gasteiger partial charge in [0, 0.05) is 26.2 Å². The van der Waals surface area contributed by atoms with Gasteiger partial charge in [-0.15, -0.1) is 0 Å². The van der Waals surface area contributed by atoms with Crippen LogP contribution in [-0.4, -0.2) is 50.2 Å². The molecule has 1 aliphatic heterocycles. The van der Waals surface area contributed by atoms with Gasteiger partial charge in [0.15, 0.2) is 0 Å². The fourth-order valence-electron chi connectivity index (χ4n) is 2.18. The van der Waals surface area contributed by atoms with Gasteiger partial charge in [-0.2, -0.15) is 0 Å². The summed E-state index contributed by atoms with van der Waals surface area (Å²) in [5.41, 5.74) is 0. The summed E-state index contributed by atoms with van der Waals surface area (Å²) in [6.45, 7) is 7.22. The Morgan fingerprint density at radius 1 is 1.59 bits per heavy atom. The van der Waals surface area contributed by atoms with Gasteiger partial charge >= 0.3 is 0 Å². The van der Waals surface area contributed by atoms with E-state index in [0.29, 0.717) is 18.5 Å². The zero-order valence-electron chi connectivity index (χ0n) is 11.4. The molecule has 0 spiro atoms. The summed E-state index contributed by atoms with van der Waals surface area (Å²) in [4.78, 5) is 14.0. The highest BCUT2D eigenvalue weighted by atomic mass is 16.5. The van der Waals surface area contributed by atoms with Crippen LogP contribution < -0.4 is 5.32 Å². The van der Waals surface area contributed by atoms with Crippen LogP contribution in [0.25, 0.3) is 0 Å². The number of ether oxygens (including phenoxy) is 1. The van der Waals surface area contributed by atoms with Crippen LogP contribution in [0.15, 0.2) is 0 Å². The van der Waals surface area contributed by atoms with Crippen molar-refractivity contribution in [2.45, 2.75) is 39.2 Å². The van der Waals surface area contributed by atoms with E-state index in [1.807, 2.05) is 4.90 Å². The second-order valence-electron chi connectivity index (χ2n) is 4.99. The van der Waals surface area contributed by atoms with Gasteiger partial charge in [-0.05, 0) is 32.1 Å². The van der Waals surface area contributed by atoms with E-state index in [9.17, 15) is 4.79 Å². The van der Waals surface area contributed by atoms with E-state index < -0.39 is 0 Å². The third-order valence-electron chi connectivity index (χ3n) is 3.49. The fourth-order valence-corrected chi connectivity index (χ4v) is 2.18. The monoisotopic (exact) mass is 242 g/mol. The predicted molar refractivity (Wildman–Crippen MR) is 68.9 cm³/mol. The van der Waals surface area contributed by atoms with Gasteiger partial charge in [-0.3, -0.25) is 4.79 Å². The number of piperidine rings is 1. The van der Waals surface area contributed by atoms with Gasteiger partial charge in [0.25, 0.3) is 0 Å². The molecule has 17 heavy (non-hydrogen) atoms. The minimum atomic E-state index is 0.228. The van der Waals surface area contributed by atoms with Crippen molar-refractivity contribution in [3.63, 3.8) is 0 Å². The largest absolute Gasteiger partial charge is 0.384 e. The molecular weight excluding hydrogens is 216 g/mol. The molecule has 0 aromatic rings. The van der Waals surface area contributed by atoms with Gasteiger partial charge < -0.3 is 15.0 Å². The van der Waals surface area contributed by atoms with Crippen LogP contribution in [-0.2, 0) is 9.53 Å². The molecule has 1 rings (SSSR count). The molecule has 1 heterocycles. The van der Waals surface area contributed by atoms with Crippen LogP contribution in [0.2, 0.25) is 0 Å². The maximum Gasteiger partial charge on any atom is 0.236 e. The highest BCUT2D eigenvalue weighted by Crippen LogP contribution is 2.16. The van der Waals surface area contributed by atoms with Crippen molar-refractivity contribution < 1.29 is 9.53 Å². The van der Waals surface area contributed by atoms with Crippen molar-refractivity contribution in [1.82, 2.24) is 10.2 Å². The number of amides is 1. The second kappa shape index (κ2) is 7.67. The van der Waals surface area contributed by atoms with E-state index >= 15 is 0 Å². The number of rotatable bonds is 6. The summed E-state index contributed by atoms with van der Waals surface area (Å²) < 4.78 is 5.17. The molecule has 0 saturated carbocycles. The third kappa shape index (κ3) is 5.04. The molecule has 0 aromatic heterocycles. The van der Waals surface area contributed by atoms with Crippen LogP contribution in [0.3, 0.4) is 0 Å². The molecule has 1 N–H and O–H groups in total. The molecule has 0 radical (unpaired) electrons. The van der Waals surface area contributed by atoms with Crippen LogP contribution in [0.4, 0.5) is 0 Å². The highest BCUT2D eigenvalue weighted by molar-refractivity contribution is 5.78. The molecular formula is C13H26N2O2. The van der Waals surface area contributed by atoms with Crippen LogP contribution in [0.5, 0.6) is 0 Å². The van der Waals surface area contributed by atoms with Crippen molar-refractivity contribution in [2.75, 3.05) is 33.4 Å². The standard InChI is InChI=1S/C13H26N2O2/c1-4-11(2)14-8-13(16)15-7-5-6-12(9-15)10-17-3/h11-12,14H,4-10H2,1-3H3. The van der Waals surface area contributed by atoms with Gasteiger partial charge in [-0.1, -0.05) is 6.92 Å². The normalized spacial score (nSPS) is 22.5. The van der Waals surface area contributed by atoms with Crippen molar-refractivity contribution in [3.8, 4) is 0 Å². The molecule has 2 unspecified atom stereocenters. The summed E-state index contributed by atoms with van der Waals surface area (Å²) in [7, 11) is 1.73. The first-order valence-electron chi connectivity index (χ1n) is 6.67. The lowest BCUT2D eigenvalue weighted by Crippen LogP contribution is -2.46. The average molecular weight is 242 g/mol. The molecule has 4 nitrogen and oxygen atoms in total. The summed E-state index contributed by atoms with van der Waals surface area (Å²) in [6.07, 6.45) is 3.33. The lowest BCUT2D eigenvalue weighted by atomic mass is 9.99. The third-order valence-corrected chi connectivity index (χ3v) is 3.49. The van der Waals surface area contributed by atoms with Crippen molar-refractivity contribution in [2.24, 2.45) is 5.92 Å². The number of hydrogen-bond donors (Lipinski definition) is 1. The van der Waals surface area contributed by atoms with Gasteiger partial charge in [0.05, 0.1) is 13.2 Å². The maximum atomic E-state index is 12.0. The number of nitrogens with one attached hydrogen (secondary N) is 1. The van der Waals surface area contributed by atoms with E-state index in [1.54, 1.807) is 7.11 Å². The highest BCUT2D eigenvalue weighted by Gasteiger charge is 2.23. The Balaban J connectivity index is 2.30. The Morgan fingerprint density at radius 3 is 3.00 bits per heavy atom.